The lowest BCUT2D eigenvalue weighted by Gasteiger charge is -2.34. The van der Waals surface area contributed by atoms with Gasteiger partial charge in [0.1, 0.15) is 5.54 Å². The third-order valence-corrected chi connectivity index (χ3v) is 3.92. The lowest BCUT2D eigenvalue weighted by molar-refractivity contribution is -0.145. The minimum Gasteiger partial charge on any atom is -0.480 e. The number of amides is 2. The Morgan fingerprint density at radius 3 is 2.25 bits per heavy atom. The van der Waals surface area contributed by atoms with Gasteiger partial charge in [-0.25, -0.2) is 9.59 Å². The van der Waals surface area contributed by atoms with Gasteiger partial charge in [0.25, 0.3) is 0 Å². The first-order chi connectivity index (χ1) is 9.43. The van der Waals surface area contributed by atoms with Crippen LogP contribution in [0, 0.1) is 0 Å². The van der Waals surface area contributed by atoms with Crippen LogP contribution in [0.15, 0.2) is 12.7 Å². The van der Waals surface area contributed by atoms with Crippen molar-refractivity contribution in [3.05, 3.63) is 12.7 Å². The summed E-state index contributed by atoms with van der Waals surface area (Å²) in [5.41, 5.74) is -1.11. The maximum absolute atomic E-state index is 12.4. The molecular formula is C15H26N2O3. The molecule has 0 atom stereocenters. The number of hydrogen-bond donors (Lipinski definition) is 2. The second-order valence-electron chi connectivity index (χ2n) is 5.77. The largest absolute Gasteiger partial charge is 0.480 e. The maximum atomic E-state index is 12.4. The van der Waals surface area contributed by atoms with Crippen molar-refractivity contribution >= 4 is 12.0 Å². The minimum atomic E-state index is -1.11. The van der Waals surface area contributed by atoms with Crippen molar-refractivity contribution in [1.29, 1.82) is 0 Å². The van der Waals surface area contributed by atoms with E-state index in [0.29, 0.717) is 19.4 Å². The zero-order valence-electron chi connectivity index (χ0n) is 12.5. The van der Waals surface area contributed by atoms with Gasteiger partial charge in [-0.15, -0.1) is 6.58 Å². The van der Waals surface area contributed by atoms with Crippen molar-refractivity contribution in [3.8, 4) is 0 Å². The Morgan fingerprint density at radius 2 is 1.85 bits per heavy atom. The predicted molar refractivity (Wildman–Crippen MR) is 78.6 cm³/mol. The van der Waals surface area contributed by atoms with Crippen LogP contribution in [0.4, 0.5) is 4.79 Å². The number of carboxylic acids is 1. The number of aliphatic carboxylic acids is 1. The first-order valence-corrected chi connectivity index (χ1v) is 7.36. The third-order valence-electron chi connectivity index (χ3n) is 3.92. The predicted octanol–water partition coefficient (Wildman–Crippen LogP) is 2.77. The summed E-state index contributed by atoms with van der Waals surface area (Å²) in [6.07, 6.45) is 6.42. The number of rotatable bonds is 5. The van der Waals surface area contributed by atoms with Gasteiger partial charge < -0.3 is 15.3 Å². The molecule has 0 spiro atoms. The van der Waals surface area contributed by atoms with Crippen LogP contribution in [0.3, 0.4) is 0 Å². The molecule has 0 unspecified atom stereocenters. The van der Waals surface area contributed by atoms with Gasteiger partial charge in [-0.3, -0.25) is 0 Å². The molecule has 0 heterocycles. The summed E-state index contributed by atoms with van der Waals surface area (Å²) in [6, 6.07) is -0.311. The molecule has 2 N–H and O–H groups in total. The molecule has 1 saturated carbocycles. The Balaban J connectivity index is 2.85. The molecule has 1 aliphatic rings. The molecule has 1 rings (SSSR count). The van der Waals surface area contributed by atoms with Crippen molar-refractivity contribution in [3.63, 3.8) is 0 Å². The molecule has 5 nitrogen and oxygen atoms in total. The number of hydrogen-bond acceptors (Lipinski definition) is 2. The van der Waals surface area contributed by atoms with Crippen LogP contribution in [0.2, 0.25) is 0 Å². The van der Waals surface area contributed by atoms with E-state index in [1.807, 2.05) is 13.8 Å². The fourth-order valence-corrected chi connectivity index (χ4v) is 2.67. The Labute approximate surface area is 121 Å². The number of carboxylic acid groups (broad SMARTS) is 1. The summed E-state index contributed by atoms with van der Waals surface area (Å²) in [7, 11) is 0. The molecule has 2 amide bonds. The molecule has 0 bridgehead atoms. The van der Waals surface area contributed by atoms with Crippen LogP contribution < -0.4 is 5.32 Å². The number of urea groups is 1. The smallest absolute Gasteiger partial charge is 0.329 e. The number of nitrogens with zero attached hydrogens (tertiary/aromatic N) is 1. The van der Waals surface area contributed by atoms with Crippen LogP contribution in [0.5, 0.6) is 0 Å². The summed E-state index contributed by atoms with van der Waals surface area (Å²) < 4.78 is 0. The Hall–Kier alpha value is -1.52. The summed E-state index contributed by atoms with van der Waals surface area (Å²) in [6.45, 7) is 7.87. The molecule has 20 heavy (non-hydrogen) atoms. The molecule has 0 aromatic rings. The van der Waals surface area contributed by atoms with Crippen LogP contribution in [-0.2, 0) is 4.79 Å². The SMILES string of the molecule is C=CCN(C(=O)NC1(C(=O)O)CCCCCC1)C(C)C. The highest BCUT2D eigenvalue weighted by molar-refractivity contribution is 5.86. The Kier molecular flexibility index (Phi) is 6.05. The molecule has 5 heteroatoms. The highest BCUT2D eigenvalue weighted by atomic mass is 16.4. The van der Waals surface area contributed by atoms with E-state index in [1.54, 1.807) is 11.0 Å². The fourth-order valence-electron chi connectivity index (χ4n) is 2.67. The van der Waals surface area contributed by atoms with E-state index in [9.17, 15) is 14.7 Å². The van der Waals surface area contributed by atoms with Crippen LogP contribution in [0.1, 0.15) is 52.4 Å². The fraction of sp³-hybridized carbons (Fsp3) is 0.733. The van der Waals surface area contributed by atoms with Gasteiger partial charge in [-0.2, -0.15) is 0 Å². The van der Waals surface area contributed by atoms with Crippen LogP contribution >= 0.6 is 0 Å². The molecule has 1 aliphatic carbocycles. The van der Waals surface area contributed by atoms with Crippen molar-refractivity contribution in [2.75, 3.05) is 6.54 Å². The Morgan fingerprint density at radius 1 is 1.30 bits per heavy atom. The number of nitrogens with one attached hydrogen (secondary N) is 1. The van der Waals surface area contributed by atoms with E-state index in [-0.39, 0.29) is 12.1 Å². The standard InChI is InChI=1S/C15H26N2O3/c1-4-11-17(12(2)3)14(20)16-15(13(18)19)9-7-5-6-8-10-15/h4,12H,1,5-11H2,2-3H3,(H,16,20)(H,18,19). The lowest BCUT2D eigenvalue weighted by atomic mass is 9.90. The molecule has 0 radical (unpaired) electrons. The van der Waals surface area contributed by atoms with Gasteiger partial charge in [0.05, 0.1) is 0 Å². The maximum Gasteiger partial charge on any atom is 0.329 e. The van der Waals surface area contributed by atoms with Gasteiger partial charge in [-0.05, 0) is 26.7 Å². The number of carbonyl (C=O) groups excluding carboxylic acids is 1. The average molecular weight is 282 g/mol. The third kappa shape index (κ3) is 3.99. The van der Waals surface area contributed by atoms with Crippen LogP contribution in [0.25, 0.3) is 0 Å². The van der Waals surface area contributed by atoms with E-state index in [2.05, 4.69) is 11.9 Å². The van der Waals surface area contributed by atoms with E-state index in [0.717, 1.165) is 25.7 Å². The molecule has 0 saturated heterocycles. The van der Waals surface area contributed by atoms with Crippen LogP contribution in [-0.4, -0.2) is 40.1 Å². The topological polar surface area (TPSA) is 69.6 Å². The molecular weight excluding hydrogens is 256 g/mol. The molecule has 1 fully saturated rings. The quantitative estimate of drug-likeness (QED) is 0.601. The zero-order chi connectivity index (χ0) is 15.2. The van der Waals surface area contributed by atoms with Gasteiger partial charge in [0.2, 0.25) is 0 Å². The van der Waals surface area contributed by atoms with Crippen molar-refractivity contribution in [2.24, 2.45) is 0 Å². The van der Waals surface area contributed by atoms with E-state index in [4.69, 9.17) is 0 Å². The molecule has 114 valence electrons. The summed E-state index contributed by atoms with van der Waals surface area (Å²) in [4.78, 5) is 25.6. The highest BCUT2D eigenvalue weighted by Crippen LogP contribution is 2.27. The minimum absolute atomic E-state index is 0.00428. The van der Waals surface area contributed by atoms with E-state index >= 15 is 0 Å². The van der Waals surface area contributed by atoms with Crippen molar-refractivity contribution < 1.29 is 14.7 Å². The first kappa shape index (κ1) is 16.5. The normalized spacial score (nSPS) is 18.1. The van der Waals surface area contributed by atoms with Gasteiger partial charge >= 0.3 is 12.0 Å². The summed E-state index contributed by atoms with van der Waals surface area (Å²) >= 11 is 0. The molecule has 0 aromatic heterocycles. The van der Waals surface area contributed by atoms with Gasteiger partial charge in [0, 0.05) is 12.6 Å². The molecule has 0 aliphatic heterocycles. The average Bonchev–Trinajstić information content (AvgIpc) is 2.61. The van der Waals surface area contributed by atoms with E-state index < -0.39 is 11.5 Å². The first-order valence-electron chi connectivity index (χ1n) is 7.36. The lowest BCUT2D eigenvalue weighted by Crippen LogP contribution is -2.58. The zero-order valence-corrected chi connectivity index (χ0v) is 12.5. The highest BCUT2D eigenvalue weighted by Gasteiger charge is 2.41. The van der Waals surface area contributed by atoms with E-state index in [1.165, 1.54) is 0 Å². The summed E-state index contributed by atoms with van der Waals surface area (Å²) in [5, 5.41) is 12.3. The van der Waals surface area contributed by atoms with Gasteiger partial charge in [0.15, 0.2) is 0 Å². The van der Waals surface area contributed by atoms with Gasteiger partial charge in [-0.1, -0.05) is 31.8 Å². The second kappa shape index (κ2) is 7.31. The monoisotopic (exact) mass is 282 g/mol. The summed E-state index contributed by atoms with van der Waals surface area (Å²) in [5.74, 6) is -0.921. The Bertz CT molecular complexity index is 358. The molecule has 0 aromatic carbocycles. The van der Waals surface area contributed by atoms with Crippen molar-refractivity contribution in [2.45, 2.75) is 64.0 Å². The van der Waals surface area contributed by atoms with Crippen molar-refractivity contribution in [1.82, 2.24) is 10.2 Å². The second-order valence-corrected chi connectivity index (χ2v) is 5.77. The number of carbonyl (C=O) groups is 2.